The van der Waals surface area contributed by atoms with Gasteiger partial charge in [-0.05, 0) is 42.3 Å². The first-order chi connectivity index (χ1) is 18.4. The summed E-state index contributed by atoms with van der Waals surface area (Å²) in [7, 11) is 0. The molecule has 3 atom stereocenters. The molecule has 3 aromatic carbocycles. The van der Waals surface area contributed by atoms with Crippen LogP contribution in [0, 0.1) is 5.92 Å². The number of carbonyl (C=O) groups excluding carboxylic acids is 1. The van der Waals surface area contributed by atoms with Gasteiger partial charge in [0.05, 0.1) is 23.9 Å². The summed E-state index contributed by atoms with van der Waals surface area (Å²) in [5, 5.41) is 30.2. The van der Waals surface area contributed by atoms with Crippen LogP contribution < -0.4 is 4.90 Å². The molecule has 1 amide bonds. The van der Waals surface area contributed by atoms with Crippen molar-refractivity contribution in [2.45, 2.75) is 31.4 Å². The number of halogens is 1. The lowest BCUT2D eigenvalue weighted by Crippen LogP contribution is -2.42. The van der Waals surface area contributed by atoms with Gasteiger partial charge in [-0.15, -0.1) is 5.10 Å². The Morgan fingerprint density at radius 2 is 1.76 bits per heavy atom. The third-order valence-electron chi connectivity index (χ3n) is 7.06. The van der Waals surface area contributed by atoms with Crippen molar-refractivity contribution in [1.82, 2.24) is 15.0 Å². The molecule has 0 aliphatic carbocycles. The van der Waals surface area contributed by atoms with E-state index in [2.05, 4.69) is 26.2 Å². The number of allylic oxidation sites excluding steroid dienone is 1. The van der Waals surface area contributed by atoms with Gasteiger partial charge in [0.1, 0.15) is 0 Å². The summed E-state index contributed by atoms with van der Waals surface area (Å²) in [6.45, 7) is 2.38. The molecule has 2 N–H and O–H groups in total. The van der Waals surface area contributed by atoms with Crippen LogP contribution in [-0.2, 0) is 16.9 Å². The van der Waals surface area contributed by atoms with E-state index in [0.29, 0.717) is 35.6 Å². The van der Waals surface area contributed by atoms with E-state index < -0.39 is 11.5 Å². The van der Waals surface area contributed by atoms with Gasteiger partial charge in [0.15, 0.2) is 5.60 Å². The van der Waals surface area contributed by atoms with E-state index in [1.54, 1.807) is 9.58 Å². The van der Waals surface area contributed by atoms with Crippen LogP contribution in [0.25, 0.3) is 0 Å². The molecule has 1 unspecified atom stereocenters. The molecule has 4 aromatic rings. The highest BCUT2D eigenvalue weighted by atomic mass is 79.9. The monoisotopic (exact) mass is 572 g/mol. The van der Waals surface area contributed by atoms with Crippen LogP contribution in [0.4, 0.5) is 11.4 Å². The van der Waals surface area contributed by atoms with Gasteiger partial charge in [0.2, 0.25) is 0 Å². The topological polar surface area (TPSA) is 91.5 Å². The molecule has 2 heterocycles. The molecular weight excluding hydrogens is 544 g/mol. The predicted octanol–water partition coefficient (Wildman–Crippen LogP) is 5.31. The van der Waals surface area contributed by atoms with Crippen molar-refractivity contribution in [2.75, 3.05) is 11.5 Å². The number of aryl methyl sites for hydroxylation is 1. The highest BCUT2D eigenvalue weighted by Gasteiger charge is 2.53. The van der Waals surface area contributed by atoms with Gasteiger partial charge in [-0.2, -0.15) is 0 Å². The molecule has 0 bridgehead atoms. The second-order valence-electron chi connectivity index (χ2n) is 9.46. The summed E-state index contributed by atoms with van der Waals surface area (Å²) >= 11 is 3.49. The van der Waals surface area contributed by atoms with E-state index in [4.69, 9.17) is 0 Å². The van der Waals surface area contributed by atoms with Crippen LogP contribution >= 0.6 is 15.9 Å². The zero-order chi connectivity index (χ0) is 26.7. The Balaban J connectivity index is 1.30. The number of rotatable bonds is 9. The van der Waals surface area contributed by atoms with Gasteiger partial charge < -0.3 is 10.2 Å². The lowest BCUT2D eigenvalue weighted by atomic mass is 9.83. The molecule has 0 saturated carbocycles. The highest BCUT2D eigenvalue weighted by molar-refractivity contribution is 9.10. The van der Waals surface area contributed by atoms with E-state index in [1.807, 2.05) is 104 Å². The fourth-order valence-electron chi connectivity index (χ4n) is 4.96. The maximum Gasteiger partial charge on any atom is 0.268 e. The Morgan fingerprint density at radius 3 is 2.47 bits per heavy atom. The molecule has 1 aliphatic heterocycles. The second-order valence-corrected chi connectivity index (χ2v) is 10.4. The fraction of sp³-hybridized carbons (Fsp3) is 0.233. The van der Waals surface area contributed by atoms with Crippen molar-refractivity contribution in [3.8, 4) is 0 Å². The Kier molecular flexibility index (Phi) is 7.56. The van der Waals surface area contributed by atoms with E-state index in [-0.39, 0.29) is 18.4 Å². The molecule has 38 heavy (non-hydrogen) atoms. The smallest absolute Gasteiger partial charge is 0.268 e. The normalized spacial score (nSPS) is 18.6. The highest BCUT2D eigenvalue weighted by Crippen LogP contribution is 2.49. The predicted molar refractivity (Wildman–Crippen MR) is 150 cm³/mol. The number of nitrogens with zero attached hydrogens (tertiary/aromatic N) is 4. The van der Waals surface area contributed by atoms with Gasteiger partial charge in [0.25, 0.3) is 5.91 Å². The van der Waals surface area contributed by atoms with E-state index in [1.165, 1.54) is 0 Å². The van der Waals surface area contributed by atoms with Crippen LogP contribution in [-0.4, -0.2) is 37.7 Å². The second kappa shape index (κ2) is 11.0. The maximum atomic E-state index is 13.7. The van der Waals surface area contributed by atoms with Gasteiger partial charge in [-0.3, -0.25) is 14.4 Å². The summed E-state index contributed by atoms with van der Waals surface area (Å²) in [6, 6.07) is 24.7. The average Bonchev–Trinajstić information content (AvgIpc) is 3.49. The summed E-state index contributed by atoms with van der Waals surface area (Å²) in [4.78, 5) is 15.3. The van der Waals surface area contributed by atoms with Crippen molar-refractivity contribution in [2.24, 2.45) is 5.92 Å². The molecule has 1 aliphatic rings. The number of fused-ring (bicyclic) bond motifs is 1. The number of carbonyl (C=O) groups is 1. The molecule has 7 nitrogen and oxygen atoms in total. The van der Waals surface area contributed by atoms with Crippen LogP contribution in [0.5, 0.6) is 0 Å². The Hall–Kier alpha value is -3.59. The van der Waals surface area contributed by atoms with Crippen molar-refractivity contribution >= 4 is 33.2 Å². The number of amides is 1. The number of aromatic nitrogens is 3. The molecular formula is C30H29BrN4O3. The zero-order valence-electron chi connectivity index (χ0n) is 21.0. The molecule has 0 spiro atoms. The molecule has 8 heteroatoms. The number of para-hydroxylation sites is 1. The van der Waals surface area contributed by atoms with E-state index in [9.17, 15) is 15.0 Å². The molecule has 194 valence electrons. The molecule has 5 rings (SSSR count). The Morgan fingerprint density at radius 1 is 1.05 bits per heavy atom. The fourth-order valence-corrected chi connectivity index (χ4v) is 5.32. The quantitative estimate of drug-likeness (QED) is 0.265. The Bertz CT molecular complexity index is 1440. The van der Waals surface area contributed by atoms with E-state index >= 15 is 0 Å². The number of anilines is 2. The lowest BCUT2D eigenvalue weighted by molar-refractivity contribution is -0.138. The van der Waals surface area contributed by atoms with Crippen LogP contribution in [0.3, 0.4) is 0 Å². The first-order valence-electron chi connectivity index (χ1n) is 12.6. The van der Waals surface area contributed by atoms with Gasteiger partial charge in [0, 0.05) is 34.4 Å². The third-order valence-corrected chi connectivity index (χ3v) is 7.55. The van der Waals surface area contributed by atoms with Crippen molar-refractivity contribution in [1.29, 1.82) is 0 Å². The minimum absolute atomic E-state index is 0.0513. The molecule has 0 radical (unpaired) electrons. The van der Waals surface area contributed by atoms with Crippen molar-refractivity contribution in [3.05, 3.63) is 119 Å². The van der Waals surface area contributed by atoms with Crippen molar-refractivity contribution in [3.63, 3.8) is 0 Å². The van der Waals surface area contributed by atoms with Crippen LogP contribution in [0.2, 0.25) is 0 Å². The molecule has 1 aromatic heterocycles. The van der Waals surface area contributed by atoms with Gasteiger partial charge in [-0.1, -0.05) is 88.8 Å². The summed E-state index contributed by atoms with van der Waals surface area (Å²) in [6.07, 6.45) is 6.33. The summed E-state index contributed by atoms with van der Waals surface area (Å²) in [5.41, 5.74) is 1.98. The number of hydrogen-bond acceptors (Lipinski definition) is 5. The first-order valence-corrected chi connectivity index (χ1v) is 13.4. The van der Waals surface area contributed by atoms with E-state index in [0.717, 1.165) is 10.0 Å². The summed E-state index contributed by atoms with van der Waals surface area (Å²) < 4.78 is 2.54. The standard InChI is InChI=1S/C30H29BrN4O3/c1-21(10-8-9-17-34-19-27(32-33-34)25(20-36)22-11-4-2-5-12-22)30(38)26-18-23(31)15-16-28(26)35(29(30)37)24-13-6-3-7-14-24/h2-8,10-16,18-19,21,25,36,38H,9,17,20H2,1H3/b10-8+/t21-,25?,30+/m1/s1. The number of aliphatic hydroxyl groups is 2. The number of benzene rings is 3. The SMILES string of the molecule is C[C@H](/C=C/CCn1cc(C(CO)c2ccccc2)nn1)[C@@]1(O)C(=O)N(c2ccccc2)c2ccc(Br)cc21. The van der Waals surface area contributed by atoms with Crippen LogP contribution in [0.15, 0.2) is 102 Å². The van der Waals surface area contributed by atoms with Crippen LogP contribution in [0.1, 0.15) is 36.1 Å². The zero-order valence-corrected chi connectivity index (χ0v) is 22.6. The Labute approximate surface area is 230 Å². The third kappa shape index (κ3) is 4.82. The van der Waals surface area contributed by atoms with Crippen molar-refractivity contribution < 1.29 is 15.0 Å². The van der Waals surface area contributed by atoms with Gasteiger partial charge >= 0.3 is 0 Å². The molecule has 0 fully saturated rings. The average molecular weight is 573 g/mol. The minimum atomic E-state index is -1.70. The largest absolute Gasteiger partial charge is 0.395 e. The number of aliphatic hydroxyl groups excluding tert-OH is 1. The lowest BCUT2D eigenvalue weighted by Gasteiger charge is -2.27. The summed E-state index contributed by atoms with van der Waals surface area (Å²) in [5.74, 6) is -1.07. The van der Waals surface area contributed by atoms with Gasteiger partial charge in [-0.25, -0.2) is 0 Å². The number of hydrogen-bond donors (Lipinski definition) is 2. The minimum Gasteiger partial charge on any atom is -0.395 e. The maximum absolute atomic E-state index is 13.7. The first kappa shape index (κ1) is 26.0. The molecule has 0 saturated heterocycles.